The van der Waals surface area contributed by atoms with Crippen molar-refractivity contribution in [1.29, 1.82) is 0 Å². The van der Waals surface area contributed by atoms with Gasteiger partial charge >= 0.3 is 16.4 Å². The van der Waals surface area contributed by atoms with Gasteiger partial charge in [0.2, 0.25) is 0 Å². The van der Waals surface area contributed by atoms with Crippen molar-refractivity contribution < 1.29 is 56.2 Å². The normalized spacial score (nSPS) is 20.1. The molecule has 0 aromatic rings. The molecule has 1 aliphatic rings. The van der Waals surface area contributed by atoms with E-state index in [0.29, 0.717) is 13.0 Å². The van der Waals surface area contributed by atoms with Gasteiger partial charge in [0.25, 0.3) is 0 Å². The van der Waals surface area contributed by atoms with Crippen LogP contribution in [0.2, 0.25) is 0 Å². The van der Waals surface area contributed by atoms with Gasteiger partial charge in [-0.1, -0.05) is 175 Å². The summed E-state index contributed by atoms with van der Waals surface area (Å²) in [6.07, 6.45) is 52.9. The Labute approximate surface area is 412 Å². The topological polar surface area (TPSA) is 178 Å². The van der Waals surface area contributed by atoms with Crippen LogP contribution in [0.3, 0.4) is 0 Å². The lowest BCUT2D eigenvalue weighted by atomic mass is 9.99. The van der Waals surface area contributed by atoms with Crippen LogP contribution in [0, 0.1) is 0 Å². The Morgan fingerprint density at radius 1 is 0.574 bits per heavy atom. The summed E-state index contributed by atoms with van der Waals surface area (Å²) in [6, 6.07) is 0. The molecule has 1 saturated heterocycles. The summed E-state index contributed by atoms with van der Waals surface area (Å²) in [4.78, 5) is 12.9. The lowest BCUT2D eigenvalue weighted by molar-refractivity contribution is -0.301. The van der Waals surface area contributed by atoms with Crippen LogP contribution in [0.15, 0.2) is 97.2 Å². The minimum absolute atomic E-state index is 0.0165. The van der Waals surface area contributed by atoms with Crippen LogP contribution in [0.5, 0.6) is 0 Å². The van der Waals surface area contributed by atoms with Gasteiger partial charge in [0.05, 0.1) is 19.8 Å². The molecular formula is C55H92O12S. The van der Waals surface area contributed by atoms with Crippen molar-refractivity contribution in [3.8, 4) is 0 Å². The summed E-state index contributed by atoms with van der Waals surface area (Å²) < 4.78 is 59.2. The zero-order valence-corrected chi connectivity index (χ0v) is 42.7. The molecule has 13 heteroatoms. The Kier molecular flexibility index (Phi) is 41.9. The predicted molar refractivity (Wildman–Crippen MR) is 275 cm³/mol. The van der Waals surface area contributed by atoms with Gasteiger partial charge in [-0.2, -0.15) is 8.42 Å². The number of rotatable bonds is 44. The second-order valence-corrected chi connectivity index (χ2v) is 18.4. The maximum Gasteiger partial charge on any atom is 0.397 e. The van der Waals surface area contributed by atoms with E-state index < -0.39 is 59.8 Å². The molecule has 0 bridgehead atoms. The number of esters is 1. The Morgan fingerprint density at radius 2 is 1.01 bits per heavy atom. The van der Waals surface area contributed by atoms with Crippen molar-refractivity contribution >= 4 is 16.4 Å². The van der Waals surface area contributed by atoms with E-state index in [4.69, 9.17) is 18.9 Å². The summed E-state index contributed by atoms with van der Waals surface area (Å²) in [5.74, 6) is -0.421. The van der Waals surface area contributed by atoms with Crippen LogP contribution in [0.25, 0.3) is 0 Å². The van der Waals surface area contributed by atoms with Crippen molar-refractivity contribution in [2.24, 2.45) is 0 Å². The van der Waals surface area contributed by atoms with E-state index in [-0.39, 0.29) is 19.6 Å². The first-order valence-corrected chi connectivity index (χ1v) is 27.4. The third-order valence-electron chi connectivity index (χ3n) is 11.2. The Hall–Kier alpha value is -2.98. The average molecular weight is 977 g/mol. The van der Waals surface area contributed by atoms with Gasteiger partial charge in [0, 0.05) is 13.0 Å². The van der Waals surface area contributed by atoms with Crippen LogP contribution >= 0.6 is 0 Å². The molecule has 68 heavy (non-hydrogen) atoms. The van der Waals surface area contributed by atoms with Crippen LogP contribution in [0.4, 0.5) is 0 Å². The first-order chi connectivity index (χ1) is 33.1. The fourth-order valence-electron chi connectivity index (χ4n) is 7.29. The number of aliphatic hydroxyl groups excluding tert-OH is 3. The fraction of sp³-hybridized carbons (Fsp3) is 0.691. The smallest absolute Gasteiger partial charge is 0.397 e. The number of hydrogen-bond acceptors (Lipinski definition) is 11. The molecule has 1 heterocycles. The number of unbranched alkanes of at least 4 members (excludes halogenated alkanes) is 15. The van der Waals surface area contributed by atoms with Crippen LogP contribution in [0.1, 0.15) is 181 Å². The van der Waals surface area contributed by atoms with Gasteiger partial charge in [0.15, 0.2) is 6.29 Å². The highest BCUT2D eigenvalue weighted by atomic mass is 32.3. The standard InChI is InChI=1S/C55H92O12S/c1-3-5-7-9-11-13-15-17-19-21-22-23-24-25-26-27-28-29-30-32-34-36-38-40-42-44-51(57)65-49(48-64-55-53(59)54(67-68(60,61)62)52(58)50(46-56)66-55)47-63-45-43-41-39-37-35-33-31-20-18-16-14-12-10-8-6-4-2/h5,7,11-14,17-20,22-23,25-26,28-29,49-50,52-56,58-59H,3-4,6,8-10,15-16,21,24,27,30-48H2,1-2H3,(H,60,61,62)/b7-5-,13-11-,14-12-,19-17-,20-18-,23-22-,26-25-,29-28-. The highest BCUT2D eigenvalue weighted by molar-refractivity contribution is 7.80. The van der Waals surface area contributed by atoms with Crippen molar-refractivity contribution in [3.63, 3.8) is 0 Å². The second-order valence-electron chi connectivity index (χ2n) is 17.4. The average Bonchev–Trinajstić information content (AvgIpc) is 3.31. The predicted octanol–water partition coefficient (Wildman–Crippen LogP) is 12.2. The minimum atomic E-state index is -5.07. The summed E-state index contributed by atoms with van der Waals surface area (Å²) in [5.41, 5.74) is 0. The van der Waals surface area contributed by atoms with E-state index in [0.717, 1.165) is 116 Å². The van der Waals surface area contributed by atoms with Gasteiger partial charge in [-0.3, -0.25) is 9.35 Å². The molecule has 1 fully saturated rings. The number of aliphatic hydroxyl groups is 3. The summed E-state index contributed by atoms with van der Waals surface area (Å²) in [5, 5.41) is 30.8. The Balaban J connectivity index is 2.38. The molecule has 6 unspecified atom stereocenters. The quantitative estimate of drug-likeness (QED) is 0.0197. The van der Waals surface area contributed by atoms with Crippen LogP contribution in [-0.2, 0) is 38.3 Å². The van der Waals surface area contributed by atoms with E-state index in [1.165, 1.54) is 38.5 Å². The van der Waals surface area contributed by atoms with Crippen molar-refractivity contribution in [2.75, 3.05) is 26.4 Å². The third-order valence-corrected chi connectivity index (χ3v) is 11.7. The van der Waals surface area contributed by atoms with Crippen LogP contribution in [-0.4, -0.2) is 97.5 Å². The molecule has 1 aliphatic heterocycles. The molecule has 12 nitrogen and oxygen atoms in total. The lowest BCUT2D eigenvalue weighted by Gasteiger charge is -2.41. The molecule has 4 N–H and O–H groups in total. The maximum absolute atomic E-state index is 12.9. The molecule has 0 aromatic heterocycles. The fourth-order valence-corrected chi connectivity index (χ4v) is 7.80. The minimum Gasteiger partial charge on any atom is -0.457 e. The van der Waals surface area contributed by atoms with E-state index in [1.54, 1.807) is 0 Å². The Morgan fingerprint density at radius 3 is 1.49 bits per heavy atom. The molecule has 0 amide bonds. The lowest BCUT2D eigenvalue weighted by Crippen LogP contribution is -2.60. The maximum atomic E-state index is 12.9. The number of hydrogen-bond donors (Lipinski definition) is 4. The van der Waals surface area contributed by atoms with Gasteiger partial charge in [-0.05, 0) is 96.3 Å². The molecular weight excluding hydrogens is 885 g/mol. The van der Waals surface area contributed by atoms with Crippen LogP contribution < -0.4 is 0 Å². The van der Waals surface area contributed by atoms with Crippen molar-refractivity contribution in [2.45, 2.75) is 218 Å². The van der Waals surface area contributed by atoms with E-state index in [1.807, 2.05) is 0 Å². The summed E-state index contributed by atoms with van der Waals surface area (Å²) in [7, 11) is -5.07. The number of carbonyl (C=O) groups excluding carboxylic acids is 1. The van der Waals surface area contributed by atoms with E-state index in [9.17, 15) is 33.1 Å². The van der Waals surface area contributed by atoms with Crippen molar-refractivity contribution in [1.82, 2.24) is 0 Å². The largest absolute Gasteiger partial charge is 0.457 e. The summed E-state index contributed by atoms with van der Waals surface area (Å²) in [6.45, 7) is 3.80. The zero-order valence-electron chi connectivity index (χ0n) is 41.9. The number of allylic oxidation sites excluding steroid dienone is 16. The van der Waals surface area contributed by atoms with Gasteiger partial charge in [0.1, 0.15) is 30.5 Å². The number of ether oxygens (including phenoxy) is 4. The molecule has 390 valence electrons. The number of carbonyl (C=O) groups is 1. The van der Waals surface area contributed by atoms with Gasteiger partial charge in [-0.15, -0.1) is 0 Å². The summed E-state index contributed by atoms with van der Waals surface area (Å²) >= 11 is 0. The molecule has 0 saturated carbocycles. The van der Waals surface area contributed by atoms with Gasteiger partial charge < -0.3 is 34.3 Å². The molecule has 0 aromatic carbocycles. The SMILES string of the molecule is CC/C=C\C/C=C\C/C=C\C/C=C\C/C=C\C/C=C\CCCCCCCCC(=O)OC(COCCCCCCCC/C=C\C/C=C\CCCCC)COC1OC(CO)C(O)C(OS(=O)(=O)O)C1O. The zero-order chi connectivity index (χ0) is 49.6. The molecule has 1 rings (SSSR count). The first-order valence-electron chi connectivity index (χ1n) is 26.0. The van der Waals surface area contributed by atoms with E-state index in [2.05, 4.69) is 115 Å². The highest BCUT2D eigenvalue weighted by Crippen LogP contribution is 2.26. The highest BCUT2D eigenvalue weighted by Gasteiger charge is 2.48. The third kappa shape index (κ3) is 37.9. The molecule has 0 aliphatic carbocycles. The van der Waals surface area contributed by atoms with E-state index >= 15 is 0 Å². The Bertz CT molecular complexity index is 1550. The second kappa shape index (κ2) is 45.2. The van der Waals surface area contributed by atoms with Gasteiger partial charge in [-0.25, -0.2) is 4.18 Å². The van der Waals surface area contributed by atoms with Crippen molar-refractivity contribution in [3.05, 3.63) is 97.2 Å². The first kappa shape index (κ1) is 63.0. The molecule has 0 radical (unpaired) electrons. The monoisotopic (exact) mass is 977 g/mol. The molecule has 0 spiro atoms. The molecule has 6 atom stereocenters.